The summed E-state index contributed by atoms with van der Waals surface area (Å²) in [5.41, 5.74) is -0.484. The Balaban J connectivity index is 2.53. The third-order valence-corrected chi connectivity index (χ3v) is 3.90. The van der Waals surface area contributed by atoms with Crippen molar-refractivity contribution in [1.29, 1.82) is 0 Å². The molecule has 19 heavy (non-hydrogen) atoms. The van der Waals surface area contributed by atoms with E-state index in [0.717, 1.165) is 25.0 Å². The number of carboxylic acid groups (broad SMARTS) is 1. The first-order chi connectivity index (χ1) is 8.95. The second-order valence-electron chi connectivity index (χ2n) is 5.60. The Hall–Kier alpha value is -1.32. The van der Waals surface area contributed by atoms with E-state index in [1.54, 1.807) is 0 Å². The van der Waals surface area contributed by atoms with E-state index in [-0.39, 0.29) is 0 Å². The van der Waals surface area contributed by atoms with Crippen LogP contribution in [0.4, 0.5) is 0 Å². The molecule has 1 aliphatic rings. The highest BCUT2D eigenvalue weighted by atomic mass is 16.6. The minimum Gasteiger partial charge on any atom is -0.478 e. The molecule has 4 nitrogen and oxygen atoms in total. The van der Waals surface area contributed by atoms with Crippen LogP contribution < -0.4 is 0 Å². The summed E-state index contributed by atoms with van der Waals surface area (Å²) in [6, 6.07) is 0. The third kappa shape index (κ3) is 5.90. The Morgan fingerprint density at radius 3 is 2.42 bits per heavy atom. The summed E-state index contributed by atoms with van der Waals surface area (Å²) >= 11 is 0. The number of carboxylic acids is 1. The van der Waals surface area contributed by atoms with E-state index in [1.165, 1.54) is 32.1 Å². The van der Waals surface area contributed by atoms with Gasteiger partial charge in [-0.1, -0.05) is 39.0 Å². The van der Waals surface area contributed by atoms with Crippen molar-refractivity contribution in [2.75, 3.05) is 0 Å². The highest BCUT2D eigenvalue weighted by molar-refractivity contribution is 5.90. The smallest absolute Gasteiger partial charge is 0.331 e. The minimum absolute atomic E-state index is 0.484. The van der Waals surface area contributed by atoms with E-state index >= 15 is 0 Å². The third-order valence-electron chi connectivity index (χ3n) is 3.90. The summed E-state index contributed by atoms with van der Waals surface area (Å²) in [6.07, 6.45) is 9.66. The maximum atomic E-state index is 11.6. The number of carbonyl (C=O) groups excluding carboxylic acids is 1. The molecule has 0 saturated heterocycles. The highest BCUT2D eigenvalue weighted by Crippen LogP contribution is 2.33. The van der Waals surface area contributed by atoms with Crippen molar-refractivity contribution in [2.24, 2.45) is 5.92 Å². The predicted molar refractivity (Wildman–Crippen MR) is 72.8 cm³/mol. The molecule has 0 bridgehead atoms. The monoisotopic (exact) mass is 268 g/mol. The summed E-state index contributed by atoms with van der Waals surface area (Å²) < 4.78 is 5.45. The zero-order valence-electron chi connectivity index (χ0n) is 11.9. The van der Waals surface area contributed by atoms with Crippen LogP contribution in [-0.2, 0) is 14.3 Å². The van der Waals surface area contributed by atoms with E-state index in [2.05, 4.69) is 0 Å². The van der Waals surface area contributed by atoms with Crippen LogP contribution in [0.25, 0.3) is 0 Å². The Kier molecular flexibility index (Phi) is 6.06. The maximum absolute atomic E-state index is 11.6. The Morgan fingerprint density at radius 2 is 1.89 bits per heavy atom. The maximum Gasteiger partial charge on any atom is 0.331 e. The molecule has 1 N–H and O–H groups in total. The second kappa shape index (κ2) is 7.31. The molecule has 0 heterocycles. The molecule has 1 aliphatic carbocycles. The van der Waals surface area contributed by atoms with Crippen LogP contribution in [-0.4, -0.2) is 22.6 Å². The molecule has 0 spiro atoms. The van der Waals surface area contributed by atoms with Gasteiger partial charge in [0.25, 0.3) is 0 Å². The molecule has 1 atom stereocenters. The van der Waals surface area contributed by atoms with Gasteiger partial charge in [0.1, 0.15) is 5.60 Å². The largest absolute Gasteiger partial charge is 0.478 e. The summed E-state index contributed by atoms with van der Waals surface area (Å²) in [6.45, 7) is 3.94. The average Bonchev–Trinajstić information content (AvgIpc) is 2.37. The fraction of sp³-hybridized carbons (Fsp3) is 0.733. The van der Waals surface area contributed by atoms with E-state index in [4.69, 9.17) is 9.84 Å². The van der Waals surface area contributed by atoms with Gasteiger partial charge in [-0.2, -0.15) is 0 Å². The fourth-order valence-corrected chi connectivity index (χ4v) is 2.68. The molecule has 0 aromatic carbocycles. The van der Waals surface area contributed by atoms with Gasteiger partial charge in [0, 0.05) is 12.2 Å². The van der Waals surface area contributed by atoms with Crippen LogP contribution in [0.3, 0.4) is 0 Å². The van der Waals surface area contributed by atoms with Gasteiger partial charge < -0.3 is 9.84 Å². The molecule has 108 valence electrons. The predicted octanol–water partition coefficient (Wildman–Crippen LogP) is 3.31. The normalized spacial score (nSPS) is 20.1. The van der Waals surface area contributed by atoms with Crippen LogP contribution in [0.2, 0.25) is 0 Å². The van der Waals surface area contributed by atoms with Crippen LogP contribution in [0.5, 0.6) is 0 Å². The van der Waals surface area contributed by atoms with Crippen molar-refractivity contribution >= 4 is 11.9 Å². The number of carbonyl (C=O) groups is 2. The molecule has 1 rings (SSSR count). The molecule has 0 aromatic rings. The average molecular weight is 268 g/mol. The van der Waals surface area contributed by atoms with Crippen molar-refractivity contribution in [3.63, 3.8) is 0 Å². The number of hydrogen-bond acceptors (Lipinski definition) is 3. The molecule has 0 amide bonds. The molecular formula is C15H24O4. The molecule has 4 heteroatoms. The van der Waals surface area contributed by atoms with E-state index in [0.29, 0.717) is 5.92 Å². The lowest BCUT2D eigenvalue weighted by Crippen LogP contribution is -2.33. The lowest BCUT2D eigenvalue weighted by molar-refractivity contribution is -0.154. The van der Waals surface area contributed by atoms with Gasteiger partial charge in [0.05, 0.1) is 0 Å². The van der Waals surface area contributed by atoms with Gasteiger partial charge >= 0.3 is 11.9 Å². The molecule has 0 aliphatic heterocycles. The summed E-state index contributed by atoms with van der Waals surface area (Å²) in [5.74, 6) is -1.08. The number of rotatable bonds is 6. The number of aliphatic carboxylic acids is 1. The SMILES string of the molecule is CCC(C)(CC1CCCCC1)OC(=O)/C=C/C(=O)O. The summed E-state index contributed by atoms with van der Waals surface area (Å²) in [7, 11) is 0. The quantitative estimate of drug-likeness (QED) is 0.593. The molecular weight excluding hydrogens is 244 g/mol. The summed E-state index contributed by atoms with van der Waals surface area (Å²) in [5, 5.41) is 8.48. The lowest BCUT2D eigenvalue weighted by Gasteiger charge is -2.33. The Labute approximate surface area is 114 Å². The first-order valence-electron chi connectivity index (χ1n) is 7.09. The van der Waals surface area contributed by atoms with Gasteiger partial charge in [0.15, 0.2) is 0 Å². The first kappa shape index (κ1) is 15.7. The van der Waals surface area contributed by atoms with Gasteiger partial charge in [0.2, 0.25) is 0 Å². The van der Waals surface area contributed by atoms with Crippen molar-refractivity contribution in [1.82, 2.24) is 0 Å². The topological polar surface area (TPSA) is 63.6 Å². The number of hydrogen-bond donors (Lipinski definition) is 1. The second-order valence-corrected chi connectivity index (χ2v) is 5.60. The van der Waals surface area contributed by atoms with Gasteiger partial charge in [-0.15, -0.1) is 0 Å². The molecule has 1 fully saturated rings. The van der Waals surface area contributed by atoms with Gasteiger partial charge in [-0.05, 0) is 25.7 Å². The van der Waals surface area contributed by atoms with E-state index in [1.807, 2.05) is 13.8 Å². The summed E-state index contributed by atoms with van der Waals surface area (Å²) in [4.78, 5) is 22.0. The van der Waals surface area contributed by atoms with Crippen molar-refractivity contribution < 1.29 is 19.4 Å². The molecule has 1 saturated carbocycles. The zero-order chi connectivity index (χ0) is 14.3. The van der Waals surface area contributed by atoms with Crippen LogP contribution in [0.15, 0.2) is 12.2 Å². The molecule has 1 unspecified atom stereocenters. The standard InChI is InChI=1S/C15H24O4/c1-3-15(2,11-12-7-5-4-6-8-12)19-14(18)10-9-13(16)17/h9-10,12H,3-8,11H2,1-2H3,(H,16,17)/b10-9+. The van der Waals surface area contributed by atoms with Crippen LogP contribution in [0, 0.1) is 5.92 Å². The van der Waals surface area contributed by atoms with E-state index < -0.39 is 17.5 Å². The van der Waals surface area contributed by atoms with Crippen molar-refractivity contribution in [2.45, 2.75) is 64.4 Å². The number of esters is 1. The Morgan fingerprint density at radius 1 is 1.26 bits per heavy atom. The van der Waals surface area contributed by atoms with E-state index in [9.17, 15) is 9.59 Å². The molecule has 0 aromatic heterocycles. The zero-order valence-corrected chi connectivity index (χ0v) is 11.9. The fourth-order valence-electron chi connectivity index (χ4n) is 2.68. The first-order valence-corrected chi connectivity index (χ1v) is 7.09. The number of ether oxygens (including phenoxy) is 1. The highest BCUT2D eigenvalue weighted by Gasteiger charge is 2.30. The van der Waals surface area contributed by atoms with Gasteiger partial charge in [-0.3, -0.25) is 0 Å². The van der Waals surface area contributed by atoms with Crippen LogP contribution in [0.1, 0.15) is 58.8 Å². The molecule has 0 radical (unpaired) electrons. The van der Waals surface area contributed by atoms with Crippen molar-refractivity contribution in [3.05, 3.63) is 12.2 Å². The Bertz CT molecular complexity index is 342. The van der Waals surface area contributed by atoms with Crippen molar-refractivity contribution in [3.8, 4) is 0 Å². The van der Waals surface area contributed by atoms with Gasteiger partial charge in [-0.25, -0.2) is 9.59 Å². The van der Waals surface area contributed by atoms with Crippen LogP contribution >= 0.6 is 0 Å². The lowest BCUT2D eigenvalue weighted by atomic mass is 9.80. The minimum atomic E-state index is -1.14.